The Bertz CT molecular complexity index is 1260. The molecule has 0 spiro atoms. The Labute approximate surface area is 244 Å². The van der Waals surface area contributed by atoms with Crippen LogP contribution < -0.4 is 18.9 Å². The molecular formula is C26H26Br4O6. The molecule has 0 aliphatic heterocycles. The van der Waals surface area contributed by atoms with Gasteiger partial charge in [-0.3, -0.25) is 0 Å². The van der Waals surface area contributed by atoms with Crippen molar-refractivity contribution in [3.63, 3.8) is 0 Å². The fourth-order valence-electron chi connectivity index (χ4n) is 4.06. The molecule has 0 saturated carbocycles. The smallest absolute Gasteiger partial charge is 0.176 e. The van der Waals surface area contributed by atoms with Gasteiger partial charge in [-0.1, -0.05) is 15.9 Å². The first-order chi connectivity index (χ1) is 17.2. The van der Waals surface area contributed by atoms with E-state index in [4.69, 9.17) is 18.9 Å². The minimum atomic E-state index is -0.172. The van der Waals surface area contributed by atoms with Gasteiger partial charge in [-0.05, 0) is 101 Å². The van der Waals surface area contributed by atoms with Crippen LogP contribution in [-0.2, 0) is 26.1 Å². The summed E-state index contributed by atoms with van der Waals surface area (Å²) >= 11 is 14.7. The Morgan fingerprint density at radius 2 is 1.17 bits per heavy atom. The summed E-state index contributed by atoms with van der Waals surface area (Å²) in [6, 6.07) is 7.67. The lowest BCUT2D eigenvalue weighted by atomic mass is 9.92. The van der Waals surface area contributed by atoms with E-state index in [2.05, 4.69) is 63.7 Å². The largest absolute Gasteiger partial charge is 0.496 e. The molecule has 0 aliphatic carbocycles. The Hall–Kier alpha value is -1.30. The fourth-order valence-corrected chi connectivity index (χ4v) is 6.45. The summed E-state index contributed by atoms with van der Waals surface area (Å²) in [6.07, 6.45) is 1.07. The zero-order chi connectivity index (χ0) is 26.6. The number of methoxy groups -OCH3 is 4. The molecular weight excluding hydrogens is 728 g/mol. The van der Waals surface area contributed by atoms with Crippen LogP contribution in [-0.4, -0.2) is 38.7 Å². The molecule has 0 unspecified atom stereocenters. The highest BCUT2D eigenvalue weighted by Gasteiger charge is 2.22. The number of hydrogen-bond donors (Lipinski definition) is 2. The van der Waals surface area contributed by atoms with E-state index in [1.165, 1.54) is 0 Å². The van der Waals surface area contributed by atoms with Gasteiger partial charge in [0.25, 0.3) is 0 Å². The highest BCUT2D eigenvalue weighted by Crippen LogP contribution is 2.45. The molecule has 0 fully saturated rings. The molecule has 3 rings (SSSR count). The van der Waals surface area contributed by atoms with E-state index in [9.17, 15) is 10.2 Å². The molecule has 6 nitrogen and oxygen atoms in total. The number of benzene rings is 3. The second kappa shape index (κ2) is 13.0. The Morgan fingerprint density at radius 1 is 0.556 bits per heavy atom. The molecule has 0 radical (unpaired) electrons. The second-order valence-corrected chi connectivity index (χ2v) is 11.1. The summed E-state index contributed by atoms with van der Waals surface area (Å²) in [5.41, 5.74) is 5.28. The molecule has 0 aromatic heterocycles. The van der Waals surface area contributed by atoms with Crippen molar-refractivity contribution in [3.8, 4) is 23.0 Å². The topological polar surface area (TPSA) is 77.4 Å². The highest BCUT2D eigenvalue weighted by molar-refractivity contribution is 9.13. The van der Waals surface area contributed by atoms with Gasteiger partial charge in [-0.15, -0.1) is 0 Å². The van der Waals surface area contributed by atoms with Gasteiger partial charge in [0, 0.05) is 26.5 Å². The summed E-state index contributed by atoms with van der Waals surface area (Å²) in [5, 5.41) is 19.7. The first-order valence-corrected chi connectivity index (χ1v) is 13.9. The monoisotopic (exact) mass is 750 g/mol. The van der Waals surface area contributed by atoms with Crippen molar-refractivity contribution in [3.05, 3.63) is 75.5 Å². The zero-order valence-corrected chi connectivity index (χ0v) is 26.5. The normalized spacial score (nSPS) is 10.9. The third-order valence-electron chi connectivity index (χ3n) is 5.86. The van der Waals surface area contributed by atoms with Crippen molar-refractivity contribution in [2.75, 3.05) is 28.4 Å². The Balaban J connectivity index is 2.21. The third kappa shape index (κ3) is 5.89. The van der Waals surface area contributed by atoms with Crippen LogP contribution in [0.3, 0.4) is 0 Å². The van der Waals surface area contributed by atoms with Gasteiger partial charge >= 0.3 is 0 Å². The zero-order valence-electron chi connectivity index (χ0n) is 20.2. The molecule has 0 atom stereocenters. The molecule has 0 aliphatic rings. The van der Waals surface area contributed by atoms with E-state index in [0.29, 0.717) is 47.0 Å². The average Bonchev–Trinajstić information content (AvgIpc) is 2.88. The highest BCUT2D eigenvalue weighted by atomic mass is 79.9. The average molecular weight is 754 g/mol. The summed E-state index contributed by atoms with van der Waals surface area (Å²) in [4.78, 5) is 0. The first kappa shape index (κ1) is 29.3. The summed E-state index contributed by atoms with van der Waals surface area (Å²) in [7, 11) is 6.36. The van der Waals surface area contributed by atoms with Crippen LogP contribution in [0.15, 0.2) is 42.2 Å². The summed E-state index contributed by atoms with van der Waals surface area (Å²) in [6.45, 7) is -0.299. The van der Waals surface area contributed by atoms with Crippen molar-refractivity contribution in [1.82, 2.24) is 0 Å². The van der Waals surface area contributed by atoms with Crippen molar-refractivity contribution in [1.29, 1.82) is 0 Å². The molecule has 2 N–H and O–H groups in total. The standard InChI is InChI=1S/C26H26Br4O6/c1-33-20-9-14(19(27)8-16(20)11-31)5-13-6-17(12-32)25(35-3)23(29)18(13)7-15-10-21(34-2)26(36-4)24(30)22(15)28/h6,8-10,31-32H,5,7,11-12H2,1-4H3. The van der Waals surface area contributed by atoms with E-state index in [1.807, 2.05) is 24.3 Å². The maximum Gasteiger partial charge on any atom is 0.176 e. The Kier molecular flexibility index (Phi) is 10.5. The number of hydrogen-bond acceptors (Lipinski definition) is 6. The molecule has 0 amide bonds. The molecule has 10 heteroatoms. The van der Waals surface area contributed by atoms with Gasteiger partial charge < -0.3 is 29.2 Å². The van der Waals surface area contributed by atoms with Gasteiger partial charge in [0.15, 0.2) is 11.5 Å². The van der Waals surface area contributed by atoms with Crippen molar-refractivity contribution < 1.29 is 29.2 Å². The predicted molar refractivity (Wildman–Crippen MR) is 154 cm³/mol. The van der Waals surface area contributed by atoms with E-state index < -0.39 is 0 Å². The maximum atomic E-state index is 10.1. The minimum Gasteiger partial charge on any atom is -0.496 e. The molecule has 194 valence electrons. The van der Waals surface area contributed by atoms with Crippen LogP contribution in [0.2, 0.25) is 0 Å². The van der Waals surface area contributed by atoms with Crippen molar-refractivity contribution >= 4 is 63.7 Å². The molecule has 0 bridgehead atoms. The SMILES string of the molecule is COc1cc(Cc2cc(CO)c(OC)c(Br)c2Cc2cc(OC)c(OC)c(Br)c2Br)c(Br)cc1CO. The molecule has 3 aromatic carbocycles. The van der Waals surface area contributed by atoms with E-state index in [-0.39, 0.29) is 13.2 Å². The maximum absolute atomic E-state index is 10.1. The minimum absolute atomic E-state index is 0.127. The molecule has 0 heterocycles. The predicted octanol–water partition coefficient (Wildman–Crippen LogP) is 6.94. The molecule has 0 saturated heterocycles. The van der Waals surface area contributed by atoms with Crippen LogP contribution in [0.1, 0.15) is 33.4 Å². The lowest BCUT2D eigenvalue weighted by Crippen LogP contribution is -2.06. The molecule has 3 aromatic rings. The van der Waals surface area contributed by atoms with E-state index in [1.54, 1.807) is 28.4 Å². The number of rotatable bonds is 10. The van der Waals surface area contributed by atoms with Crippen molar-refractivity contribution in [2.45, 2.75) is 26.1 Å². The third-order valence-corrected chi connectivity index (χ3v) is 9.63. The summed E-state index contributed by atoms with van der Waals surface area (Å²) in [5.74, 6) is 2.39. The number of halogens is 4. The Morgan fingerprint density at radius 3 is 1.72 bits per heavy atom. The number of aliphatic hydroxyl groups is 2. The van der Waals surface area contributed by atoms with Gasteiger partial charge in [0.2, 0.25) is 0 Å². The van der Waals surface area contributed by atoms with Gasteiger partial charge in [0.1, 0.15) is 11.5 Å². The lowest BCUT2D eigenvalue weighted by molar-refractivity contribution is 0.273. The van der Waals surface area contributed by atoms with Gasteiger partial charge in [-0.25, -0.2) is 0 Å². The quantitative estimate of drug-likeness (QED) is 0.234. The molecule has 36 heavy (non-hydrogen) atoms. The first-order valence-electron chi connectivity index (χ1n) is 10.8. The van der Waals surface area contributed by atoms with Crippen LogP contribution in [0.25, 0.3) is 0 Å². The fraction of sp³-hybridized carbons (Fsp3) is 0.308. The lowest BCUT2D eigenvalue weighted by Gasteiger charge is -2.21. The second-order valence-electron chi connectivity index (χ2n) is 7.85. The van der Waals surface area contributed by atoms with E-state index in [0.717, 1.165) is 40.1 Å². The van der Waals surface area contributed by atoms with Gasteiger partial charge in [0.05, 0.1) is 50.6 Å². The van der Waals surface area contributed by atoms with Crippen LogP contribution >= 0.6 is 63.7 Å². The van der Waals surface area contributed by atoms with Crippen LogP contribution in [0, 0.1) is 0 Å². The number of aliphatic hydroxyl groups excluding tert-OH is 2. The van der Waals surface area contributed by atoms with Crippen molar-refractivity contribution in [2.24, 2.45) is 0 Å². The number of ether oxygens (including phenoxy) is 4. The van der Waals surface area contributed by atoms with Crippen LogP contribution in [0.4, 0.5) is 0 Å². The van der Waals surface area contributed by atoms with Gasteiger partial charge in [-0.2, -0.15) is 0 Å². The van der Waals surface area contributed by atoms with Crippen LogP contribution in [0.5, 0.6) is 23.0 Å². The summed E-state index contributed by atoms with van der Waals surface area (Å²) < 4.78 is 25.4. The van der Waals surface area contributed by atoms with E-state index >= 15 is 0 Å².